The van der Waals surface area contributed by atoms with Crippen LogP contribution in [0.3, 0.4) is 0 Å². The Labute approximate surface area is 339 Å². The molecule has 0 spiro atoms. The van der Waals surface area contributed by atoms with E-state index >= 15 is 4.79 Å². The fraction of sp³-hybridized carbons (Fsp3) is 0.618. The molecular weight excluding hydrogens is 845 g/mol. The van der Waals surface area contributed by atoms with Gasteiger partial charge < -0.3 is 43.4 Å². The van der Waals surface area contributed by atoms with Crippen molar-refractivity contribution in [3.05, 3.63) is 47.0 Å². The summed E-state index contributed by atoms with van der Waals surface area (Å²) in [4.78, 5) is 68.8. The van der Waals surface area contributed by atoms with E-state index < -0.39 is 116 Å². The molecule has 3 fully saturated rings. The van der Waals surface area contributed by atoms with Crippen molar-refractivity contribution in [2.45, 2.75) is 89.8 Å². The highest BCUT2D eigenvalue weighted by atomic mass is 35.6. The maximum absolute atomic E-state index is 15.5. The molecule has 0 radical (unpaired) electrons. The summed E-state index contributed by atoms with van der Waals surface area (Å²) in [5.74, 6) is -5.67. The number of halogens is 6. The van der Waals surface area contributed by atoms with Crippen molar-refractivity contribution in [3.8, 4) is 0 Å². The lowest BCUT2D eigenvalue weighted by Crippen LogP contribution is -2.81. The molecule has 1 saturated heterocycles. The maximum Gasteiger partial charge on any atom is 0.509 e. The predicted octanol–water partition coefficient (Wildman–Crippen LogP) is 5.75. The van der Waals surface area contributed by atoms with Crippen LogP contribution in [0.5, 0.6) is 0 Å². The van der Waals surface area contributed by atoms with Gasteiger partial charge in [-0.05, 0) is 37.1 Å². The van der Waals surface area contributed by atoms with Gasteiger partial charge in [-0.2, -0.15) is 0 Å². The van der Waals surface area contributed by atoms with E-state index in [0.29, 0.717) is 0 Å². The number of aliphatic hydroxyl groups is 2. The lowest BCUT2D eigenvalue weighted by molar-refractivity contribution is -0.343. The molecule has 1 aliphatic heterocycles. The van der Waals surface area contributed by atoms with E-state index in [4.69, 9.17) is 103 Å². The van der Waals surface area contributed by atoms with Gasteiger partial charge in [-0.25, -0.2) is 14.4 Å². The molecule has 0 amide bonds. The Morgan fingerprint density at radius 3 is 2.04 bits per heavy atom. The molecule has 0 aromatic heterocycles. The van der Waals surface area contributed by atoms with Gasteiger partial charge in [0.1, 0.15) is 37.1 Å². The number of aliphatic hydroxyl groups excluding tert-OH is 1. The van der Waals surface area contributed by atoms with Crippen molar-refractivity contribution < 1.29 is 67.3 Å². The van der Waals surface area contributed by atoms with E-state index in [-0.39, 0.29) is 29.7 Å². The summed E-state index contributed by atoms with van der Waals surface area (Å²) < 4.78 is 35.4. The summed E-state index contributed by atoms with van der Waals surface area (Å²) >= 11 is 34.6. The lowest BCUT2D eigenvalue weighted by Gasteiger charge is -2.66. The number of carbonyl (C=O) groups is 5. The molecule has 54 heavy (non-hydrogen) atoms. The number of benzene rings is 1. The third-order valence-corrected chi connectivity index (χ3v) is 11.3. The van der Waals surface area contributed by atoms with Gasteiger partial charge in [-0.1, -0.05) is 94.7 Å². The van der Waals surface area contributed by atoms with E-state index in [1.807, 2.05) is 0 Å². The topological polar surface area (TPSA) is 190 Å². The van der Waals surface area contributed by atoms with Crippen LogP contribution in [-0.2, 0) is 42.7 Å². The molecule has 2 bridgehead atoms. The smallest absolute Gasteiger partial charge is 0.455 e. The van der Waals surface area contributed by atoms with Gasteiger partial charge in [-0.3, -0.25) is 9.59 Å². The SMILES string of the molecule is CC(=O)OC12COC1CC(OC(=O)OCC(Cl)(Cl)Cl)[C@@]1(C)C(=O)C(OC(=O)OCC(Cl)(Cl)Cl)C3=C(C)C(O)CC(O)(C(OC(=O)c4ccccc4)C21)[C@H]3C. The summed E-state index contributed by atoms with van der Waals surface area (Å²) in [6.45, 7) is 3.40. The van der Waals surface area contributed by atoms with Gasteiger partial charge in [0, 0.05) is 25.7 Å². The molecule has 10 atom stereocenters. The molecule has 2 saturated carbocycles. The van der Waals surface area contributed by atoms with Crippen molar-refractivity contribution in [1.29, 1.82) is 0 Å². The number of rotatable bonds is 7. The Morgan fingerprint density at radius 1 is 0.944 bits per heavy atom. The number of ketones is 1. The van der Waals surface area contributed by atoms with Crippen LogP contribution in [0.2, 0.25) is 0 Å². The van der Waals surface area contributed by atoms with E-state index in [2.05, 4.69) is 0 Å². The minimum Gasteiger partial charge on any atom is -0.455 e. The number of hydrogen-bond acceptors (Lipinski definition) is 14. The second-order valence-corrected chi connectivity index (χ2v) is 18.9. The number of hydrogen-bond donors (Lipinski definition) is 2. The number of fused-ring (bicyclic) bond motifs is 5. The highest BCUT2D eigenvalue weighted by molar-refractivity contribution is 6.68. The summed E-state index contributed by atoms with van der Waals surface area (Å²) in [5, 5.41) is 24.5. The third kappa shape index (κ3) is 8.24. The molecule has 1 heterocycles. The van der Waals surface area contributed by atoms with Gasteiger partial charge in [0.2, 0.25) is 7.59 Å². The Balaban J connectivity index is 1.76. The fourth-order valence-corrected chi connectivity index (χ4v) is 8.43. The Hall–Kier alpha value is -2.27. The normalized spacial score (nSPS) is 34.8. The zero-order valence-electron chi connectivity index (χ0n) is 29.0. The van der Waals surface area contributed by atoms with Crippen LogP contribution >= 0.6 is 69.6 Å². The van der Waals surface area contributed by atoms with Crippen molar-refractivity contribution in [3.63, 3.8) is 0 Å². The average Bonchev–Trinajstić information content (AvgIpc) is 3.07. The predicted molar refractivity (Wildman–Crippen MR) is 192 cm³/mol. The molecule has 298 valence electrons. The average molecular weight is 881 g/mol. The number of alkyl halides is 6. The maximum atomic E-state index is 15.5. The molecule has 4 aliphatic rings. The first kappa shape index (κ1) is 42.9. The molecule has 20 heteroatoms. The van der Waals surface area contributed by atoms with Crippen molar-refractivity contribution in [2.24, 2.45) is 17.3 Å². The standard InChI is InChI=1S/C34H36Cl6O14/c1-15-19(42)11-31(47)16(2)22(15)23(52-29(46)50-14-34(38,39)40)25(43)30(4)20(51-28(45)49-13-33(35,36)37)10-21-32(12-48-21,54-17(3)41)24(30)26(31)53-27(44)18-8-6-5-7-9-18/h5-9,16,19-21,23-24,26,42,47H,10-14H2,1-4H3/t16-,19?,20?,21?,23?,24?,26?,30+,31?,32?/m0/s1. The number of ether oxygens (including phenoxy) is 7. The van der Waals surface area contributed by atoms with Crippen LogP contribution in [-0.4, -0.2) is 109 Å². The third-order valence-electron chi connectivity index (χ3n) is 10.6. The minimum atomic E-state index is -2.31. The van der Waals surface area contributed by atoms with Gasteiger partial charge in [0.15, 0.2) is 17.5 Å². The molecule has 5 rings (SSSR count). The highest BCUT2D eigenvalue weighted by Gasteiger charge is 2.78. The van der Waals surface area contributed by atoms with Crippen molar-refractivity contribution in [2.75, 3.05) is 19.8 Å². The molecule has 1 aromatic carbocycles. The van der Waals surface area contributed by atoms with Crippen molar-refractivity contribution >= 4 is 99.6 Å². The Morgan fingerprint density at radius 2 is 1.52 bits per heavy atom. The first-order chi connectivity index (χ1) is 24.9. The molecule has 8 unspecified atom stereocenters. The van der Waals surface area contributed by atoms with Gasteiger partial charge in [0.25, 0.3) is 0 Å². The summed E-state index contributed by atoms with van der Waals surface area (Å²) in [7, 11) is 0. The molecule has 14 nitrogen and oxygen atoms in total. The molecular formula is C34H36Cl6O14. The first-order valence-electron chi connectivity index (χ1n) is 16.5. The summed E-state index contributed by atoms with van der Waals surface area (Å²) in [6.07, 6.45) is -11.8. The first-order valence-corrected chi connectivity index (χ1v) is 18.7. The van der Waals surface area contributed by atoms with Crippen molar-refractivity contribution in [1.82, 2.24) is 0 Å². The molecule has 3 aliphatic carbocycles. The molecule has 1 aromatic rings. The van der Waals surface area contributed by atoms with E-state index in [1.54, 1.807) is 18.2 Å². The fourth-order valence-electron chi connectivity index (χ4n) is 8.11. The van der Waals surface area contributed by atoms with Crippen LogP contribution in [0.4, 0.5) is 9.59 Å². The minimum absolute atomic E-state index is 0.0480. The largest absolute Gasteiger partial charge is 0.509 e. The van der Waals surface area contributed by atoms with Gasteiger partial charge in [-0.15, -0.1) is 0 Å². The van der Waals surface area contributed by atoms with Crippen LogP contribution in [0.25, 0.3) is 0 Å². The van der Waals surface area contributed by atoms with E-state index in [1.165, 1.54) is 32.9 Å². The zero-order valence-corrected chi connectivity index (χ0v) is 33.6. The Bertz CT molecular complexity index is 1700. The van der Waals surface area contributed by atoms with Crippen LogP contribution in [0.1, 0.15) is 50.9 Å². The number of Topliss-reactive ketones (excluding diaryl/α,β-unsaturated/α-hetero) is 1. The highest BCUT2D eigenvalue weighted by Crippen LogP contribution is 2.62. The van der Waals surface area contributed by atoms with Crippen LogP contribution in [0.15, 0.2) is 41.5 Å². The summed E-state index contributed by atoms with van der Waals surface area (Å²) in [6, 6.07) is 7.70. The monoisotopic (exact) mass is 878 g/mol. The van der Waals surface area contributed by atoms with Gasteiger partial charge in [0.05, 0.1) is 29.6 Å². The van der Waals surface area contributed by atoms with Crippen LogP contribution < -0.4 is 0 Å². The lowest BCUT2D eigenvalue weighted by atomic mass is 9.47. The van der Waals surface area contributed by atoms with E-state index in [0.717, 1.165) is 6.92 Å². The van der Waals surface area contributed by atoms with E-state index in [9.17, 15) is 29.4 Å². The van der Waals surface area contributed by atoms with Gasteiger partial charge >= 0.3 is 24.2 Å². The number of carbonyl (C=O) groups excluding carboxylic acids is 5. The quantitative estimate of drug-likeness (QED) is 0.146. The molecule has 2 N–H and O–H groups in total. The second kappa shape index (κ2) is 15.6. The second-order valence-electron chi connectivity index (χ2n) is 13.9. The summed E-state index contributed by atoms with van der Waals surface area (Å²) in [5.41, 5.74) is -6.28. The zero-order chi connectivity index (χ0) is 40.2. The Kier molecular flexibility index (Phi) is 12.4. The number of esters is 2. The van der Waals surface area contributed by atoms with Crippen LogP contribution in [0, 0.1) is 17.3 Å².